The molecule has 3 unspecified atom stereocenters. The number of benzene rings is 1. The fourth-order valence-corrected chi connectivity index (χ4v) is 7.11. The Kier molecular flexibility index (Phi) is 8.02. The van der Waals surface area contributed by atoms with E-state index in [0.717, 1.165) is 18.4 Å². The number of para-hydroxylation sites is 1. The summed E-state index contributed by atoms with van der Waals surface area (Å²) in [4.78, 5) is 45.0. The second kappa shape index (κ2) is 11.4. The summed E-state index contributed by atoms with van der Waals surface area (Å²) in [5.74, 6) is -3.06. The molecule has 0 radical (unpaired) electrons. The topological polar surface area (TPSA) is 127 Å². The Morgan fingerprint density at radius 3 is 2.78 bits per heavy atom. The quantitative estimate of drug-likeness (QED) is 0.223. The molecule has 0 saturated carbocycles. The number of aromatic nitrogens is 3. The molecule has 220 valence electrons. The lowest BCUT2D eigenvalue weighted by atomic mass is 9.62. The minimum Gasteiger partial charge on any atom is -0.465 e. The number of hydrogen-bond acceptors (Lipinski definition) is 8. The zero-order chi connectivity index (χ0) is 29.4. The summed E-state index contributed by atoms with van der Waals surface area (Å²) in [5.41, 5.74) is -0.739. The Balaban J connectivity index is 1.47. The molecule has 2 bridgehead atoms. The lowest BCUT2D eigenvalue weighted by Crippen LogP contribution is -2.57. The number of aliphatic hydroxyl groups excluding tert-OH is 1. The minimum absolute atomic E-state index is 0.0561. The second-order valence-corrected chi connectivity index (χ2v) is 11.5. The number of carbonyl (C=O) groups excluding carboxylic acids is 3. The fourth-order valence-electron chi connectivity index (χ4n) is 7.11. The van der Waals surface area contributed by atoms with Crippen molar-refractivity contribution >= 4 is 28.8 Å². The SMILES string of the molecule is C=CCCCCOC(=O)[C@@H]1[C@H]2C(=O)N(CCO)C(C(=O)N(CC=C)Cn3nnc4ccccc43)C23CC(C)[C@@]1(C)O3. The normalized spacial score (nSPS) is 30.0. The zero-order valence-electron chi connectivity index (χ0n) is 23.8. The van der Waals surface area contributed by atoms with E-state index in [2.05, 4.69) is 23.5 Å². The number of rotatable bonds is 13. The monoisotopic (exact) mass is 565 g/mol. The van der Waals surface area contributed by atoms with Crippen LogP contribution < -0.4 is 0 Å². The summed E-state index contributed by atoms with van der Waals surface area (Å²) >= 11 is 0. The smallest absolute Gasteiger partial charge is 0.312 e. The Bertz CT molecular complexity index is 1340. The molecular weight excluding hydrogens is 526 g/mol. The number of fused-ring (bicyclic) bond motifs is 2. The molecular formula is C30H39N5O6. The Morgan fingerprint density at radius 2 is 2.05 bits per heavy atom. The highest BCUT2D eigenvalue weighted by Gasteiger charge is 2.80. The van der Waals surface area contributed by atoms with Crippen LogP contribution in [0, 0.1) is 17.8 Å². The number of hydrogen-bond donors (Lipinski definition) is 1. The molecule has 5 rings (SSSR count). The van der Waals surface area contributed by atoms with Crippen LogP contribution in [0.5, 0.6) is 0 Å². The van der Waals surface area contributed by atoms with E-state index in [0.29, 0.717) is 18.4 Å². The van der Waals surface area contributed by atoms with Gasteiger partial charge in [-0.25, -0.2) is 4.68 Å². The lowest BCUT2D eigenvalue weighted by molar-refractivity contribution is -0.162. The number of amides is 2. The molecule has 3 aliphatic rings. The molecule has 1 N–H and O–H groups in total. The third-order valence-corrected chi connectivity index (χ3v) is 9.08. The van der Waals surface area contributed by atoms with E-state index in [4.69, 9.17) is 9.47 Å². The molecule has 11 nitrogen and oxygen atoms in total. The van der Waals surface area contributed by atoms with Gasteiger partial charge in [0.1, 0.15) is 29.7 Å². The van der Waals surface area contributed by atoms with Gasteiger partial charge in [0.15, 0.2) is 0 Å². The number of β-amino-alcohol motifs (C(OH)–C–C–N with tert-alkyl or cyclic N) is 1. The predicted octanol–water partition coefficient (Wildman–Crippen LogP) is 2.31. The first-order valence-electron chi connectivity index (χ1n) is 14.3. The van der Waals surface area contributed by atoms with Gasteiger partial charge in [0, 0.05) is 13.1 Å². The van der Waals surface area contributed by atoms with E-state index >= 15 is 0 Å². The maximum atomic E-state index is 14.5. The Hall–Kier alpha value is -3.57. The van der Waals surface area contributed by atoms with E-state index < -0.39 is 35.0 Å². The van der Waals surface area contributed by atoms with Crippen LogP contribution >= 0.6 is 0 Å². The van der Waals surface area contributed by atoms with Crippen LogP contribution in [0.1, 0.15) is 39.5 Å². The van der Waals surface area contributed by atoms with Gasteiger partial charge in [0.2, 0.25) is 11.8 Å². The summed E-state index contributed by atoms with van der Waals surface area (Å²) < 4.78 is 14.0. The molecule has 2 aromatic rings. The summed E-state index contributed by atoms with van der Waals surface area (Å²) in [6.45, 7) is 11.5. The van der Waals surface area contributed by atoms with Crippen molar-refractivity contribution in [2.75, 3.05) is 26.3 Å². The Morgan fingerprint density at radius 1 is 1.27 bits per heavy atom. The van der Waals surface area contributed by atoms with Crippen LogP contribution in [-0.4, -0.2) is 91.2 Å². The van der Waals surface area contributed by atoms with Gasteiger partial charge in [-0.05, 0) is 50.7 Å². The maximum Gasteiger partial charge on any atom is 0.312 e. The van der Waals surface area contributed by atoms with E-state index in [1.54, 1.807) is 15.7 Å². The molecule has 41 heavy (non-hydrogen) atoms. The van der Waals surface area contributed by atoms with Crippen molar-refractivity contribution in [1.82, 2.24) is 24.8 Å². The number of allylic oxidation sites excluding steroid dienone is 1. The fraction of sp³-hybridized carbons (Fsp3) is 0.567. The molecule has 0 aliphatic carbocycles. The van der Waals surface area contributed by atoms with Gasteiger partial charge in [0.25, 0.3) is 0 Å². The molecule has 3 saturated heterocycles. The van der Waals surface area contributed by atoms with Gasteiger partial charge in [-0.1, -0.05) is 36.4 Å². The summed E-state index contributed by atoms with van der Waals surface area (Å²) in [5, 5.41) is 18.3. The van der Waals surface area contributed by atoms with Gasteiger partial charge >= 0.3 is 5.97 Å². The number of unbranched alkanes of at least 4 members (excludes halogenated alkanes) is 2. The molecule has 1 aromatic carbocycles. The van der Waals surface area contributed by atoms with Crippen LogP contribution in [0.3, 0.4) is 0 Å². The number of ether oxygens (including phenoxy) is 2. The van der Waals surface area contributed by atoms with Crippen molar-refractivity contribution in [3.8, 4) is 0 Å². The zero-order valence-corrected chi connectivity index (χ0v) is 23.8. The number of aliphatic hydroxyl groups is 1. The highest BCUT2D eigenvalue weighted by Crippen LogP contribution is 2.65. The Labute approximate surface area is 239 Å². The van der Waals surface area contributed by atoms with Crippen LogP contribution in [-0.2, 0) is 30.5 Å². The van der Waals surface area contributed by atoms with E-state index in [1.165, 1.54) is 4.90 Å². The summed E-state index contributed by atoms with van der Waals surface area (Å²) in [6, 6.07) is 6.41. The standard InChI is InChI=1S/C30H39N5O6/c1-5-7-8-11-17-40-28(39)24-23-26(37)34(15-16-36)25(30(23)18-20(3)29(24,4)41-30)27(38)33(14-6-2)19-35-22-13-10-9-12-21(22)31-32-35/h5-6,9-10,12-13,20,23-25,36H,1-2,7-8,11,14-19H2,3-4H3/t20?,23-,24-,25?,29+,30?/m0/s1. The number of carbonyl (C=O) groups is 3. The van der Waals surface area contributed by atoms with Crippen LogP contribution in [0.15, 0.2) is 49.6 Å². The van der Waals surface area contributed by atoms with Gasteiger partial charge in [-0.15, -0.1) is 18.3 Å². The summed E-state index contributed by atoms with van der Waals surface area (Å²) in [7, 11) is 0. The van der Waals surface area contributed by atoms with E-state index in [1.807, 2.05) is 44.2 Å². The molecule has 3 fully saturated rings. The van der Waals surface area contributed by atoms with Crippen molar-refractivity contribution in [3.05, 3.63) is 49.6 Å². The minimum atomic E-state index is -1.23. The third-order valence-electron chi connectivity index (χ3n) is 9.08. The number of likely N-dealkylation sites (tertiary alicyclic amines) is 1. The lowest BCUT2D eigenvalue weighted by Gasteiger charge is -2.37. The van der Waals surface area contributed by atoms with Crippen molar-refractivity contribution in [2.24, 2.45) is 17.8 Å². The average Bonchev–Trinajstić information content (AvgIpc) is 3.62. The molecule has 2 amide bonds. The highest BCUT2D eigenvalue weighted by atomic mass is 16.6. The largest absolute Gasteiger partial charge is 0.465 e. The van der Waals surface area contributed by atoms with Crippen LogP contribution in [0.4, 0.5) is 0 Å². The van der Waals surface area contributed by atoms with Crippen LogP contribution in [0.25, 0.3) is 11.0 Å². The molecule has 3 aliphatic heterocycles. The van der Waals surface area contributed by atoms with Gasteiger partial charge in [-0.3, -0.25) is 14.4 Å². The molecule has 4 heterocycles. The summed E-state index contributed by atoms with van der Waals surface area (Å²) in [6.07, 6.45) is 6.22. The average molecular weight is 566 g/mol. The van der Waals surface area contributed by atoms with Gasteiger partial charge in [-0.2, -0.15) is 0 Å². The first-order valence-corrected chi connectivity index (χ1v) is 14.3. The van der Waals surface area contributed by atoms with Gasteiger partial charge < -0.3 is 24.4 Å². The predicted molar refractivity (Wildman–Crippen MR) is 150 cm³/mol. The number of nitrogens with zero attached hydrogens (tertiary/aromatic N) is 5. The number of esters is 1. The first-order chi connectivity index (χ1) is 19.7. The molecule has 1 aromatic heterocycles. The van der Waals surface area contributed by atoms with E-state index in [9.17, 15) is 19.5 Å². The molecule has 6 atom stereocenters. The van der Waals surface area contributed by atoms with Crippen molar-refractivity contribution in [3.63, 3.8) is 0 Å². The molecule has 1 spiro atoms. The van der Waals surface area contributed by atoms with Gasteiger partial charge in [0.05, 0.1) is 30.2 Å². The molecule has 11 heteroatoms. The third kappa shape index (κ3) is 4.64. The second-order valence-electron chi connectivity index (χ2n) is 11.5. The maximum absolute atomic E-state index is 14.5. The highest BCUT2D eigenvalue weighted by molar-refractivity contribution is 5.98. The van der Waals surface area contributed by atoms with Crippen molar-refractivity contribution < 1.29 is 29.0 Å². The van der Waals surface area contributed by atoms with E-state index in [-0.39, 0.29) is 50.7 Å². The van der Waals surface area contributed by atoms with Crippen molar-refractivity contribution in [1.29, 1.82) is 0 Å². The van der Waals surface area contributed by atoms with Crippen molar-refractivity contribution in [2.45, 2.75) is 63.4 Å². The first kappa shape index (κ1) is 28.9. The van der Waals surface area contributed by atoms with Crippen LogP contribution in [0.2, 0.25) is 0 Å².